The van der Waals surface area contributed by atoms with Crippen LogP contribution in [0.5, 0.6) is 0 Å². The second-order valence-corrected chi connectivity index (χ2v) is 5.87. The fraction of sp³-hybridized carbons (Fsp3) is 0.500. The number of hydrogen-bond donors (Lipinski definition) is 1. The van der Waals surface area contributed by atoms with E-state index in [2.05, 4.69) is 19.2 Å². The molecule has 2 amide bonds. The van der Waals surface area contributed by atoms with Crippen molar-refractivity contribution in [2.75, 3.05) is 6.54 Å². The Morgan fingerprint density at radius 2 is 1.90 bits per heavy atom. The molecule has 0 saturated carbocycles. The lowest BCUT2D eigenvalue weighted by atomic mass is 9.99. The highest BCUT2D eigenvalue weighted by molar-refractivity contribution is 5.94. The largest absolute Gasteiger partial charge is 0.345 e. The van der Waals surface area contributed by atoms with Gasteiger partial charge in [-0.2, -0.15) is 0 Å². The summed E-state index contributed by atoms with van der Waals surface area (Å²) < 4.78 is 0. The molecular formula is C16H22N2O2. The number of nitrogens with zero attached hydrogens (tertiary/aromatic N) is 1. The minimum absolute atomic E-state index is 0.00387. The van der Waals surface area contributed by atoms with Crippen LogP contribution >= 0.6 is 0 Å². The molecule has 1 aromatic rings. The maximum absolute atomic E-state index is 12.1. The molecule has 1 N–H and O–H groups in total. The summed E-state index contributed by atoms with van der Waals surface area (Å²) in [7, 11) is 0. The smallest absolute Gasteiger partial charge is 0.243 e. The van der Waals surface area contributed by atoms with Crippen LogP contribution in [0.3, 0.4) is 0 Å². The van der Waals surface area contributed by atoms with Gasteiger partial charge in [0.15, 0.2) is 0 Å². The molecule has 0 radical (unpaired) electrons. The first-order valence-corrected chi connectivity index (χ1v) is 7.10. The third kappa shape index (κ3) is 3.38. The van der Waals surface area contributed by atoms with E-state index in [0.29, 0.717) is 18.9 Å². The molecule has 1 atom stereocenters. The fourth-order valence-corrected chi connectivity index (χ4v) is 2.47. The first-order chi connectivity index (χ1) is 9.47. The number of hydrogen-bond acceptors (Lipinski definition) is 2. The molecule has 20 heavy (non-hydrogen) atoms. The first kappa shape index (κ1) is 14.6. The van der Waals surface area contributed by atoms with Crippen LogP contribution in [0.1, 0.15) is 31.4 Å². The molecule has 108 valence electrons. The Bertz CT molecular complexity index is 494. The van der Waals surface area contributed by atoms with Crippen molar-refractivity contribution in [3.8, 4) is 0 Å². The van der Waals surface area contributed by atoms with Gasteiger partial charge in [-0.25, -0.2) is 0 Å². The molecule has 1 heterocycles. The van der Waals surface area contributed by atoms with Gasteiger partial charge in [0, 0.05) is 6.54 Å². The molecule has 1 aliphatic rings. The monoisotopic (exact) mass is 274 g/mol. The molecule has 1 unspecified atom stereocenters. The van der Waals surface area contributed by atoms with Gasteiger partial charge in [-0.15, -0.1) is 0 Å². The number of rotatable bonds is 4. The lowest BCUT2D eigenvalue weighted by Gasteiger charge is -2.36. The molecule has 4 nitrogen and oxygen atoms in total. The van der Waals surface area contributed by atoms with Crippen molar-refractivity contribution in [2.45, 2.75) is 39.8 Å². The number of piperazine rings is 1. The molecular weight excluding hydrogens is 252 g/mol. The van der Waals surface area contributed by atoms with Crippen LogP contribution in [-0.4, -0.2) is 29.3 Å². The van der Waals surface area contributed by atoms with Crippen molar-refractivity contribution in [3.05, 3.63) is 35.4 Å². The zero-order valence-corrected chi connectivity index (χ0v) is 12.3. The molecule has 0 aliphatic carbocycles. The molecule has 1 aromatic carbocycles. The highest BCUT2D eigenvalue weighted by atomic mass is 16.2. The topological polar surface area (TPSA) is 49.4 Å². The zero-order chi connectivity index (χ0) is 14.7. The molecule has 4 heteroatoms. The normalized spacial score (nSPS) is 19.4. The average Bonchev–Trinajstić information content (AvgIpc) is 2.40. The van der Waals surface area contributed by atoms with E-state index >= 15 is 0 Å². The average molecular weight is 274 g/mol. The van der Waals surface area contributed by atoms with Crippen molar-refractivity contribution in [1.82, 2.24) is 10.2 Å². The third-order valence-corrected chi connectivity index (χ3v) is 3.58. The Morgan fingerprint density at radius 3 is 2.50 bits per heavy atom. The van der Waals surface area contributed by atoms with Gasteiger partial charge in [0.05, 0.1) is 6.54 Å². The fourth-order valence-electron chi connectivity index (χ4n) is 2.47. The minimum Gasteiger partial charge on any atom is -0.345 e. The van der Waals surface area contributed by atoms with E-state index in [0.717, 1.165) is 5.56 Å². The van der Waals surface area contributed by atoms with Gasteiger partial charge < -0.3 is 10.2 Å². The summed E-state index contributed by atoms with van der Waals surface area (Å²) in [4.78, 5) is 25.9. The van der Waals surface area contributed by atoms with Crippen molar-refractivity contribution < 1.29 is 9.59 Å². The second-order valence-electron chi connectivity index (χ2n) is 5.87. The van der Waals surface area contributed by atoms with Crippen LogP contribution in [0.4, 0.5) is 0 Å². The standard InChI is InChI=1S/C16H22N2O2/c1-11(2)8-14-16(20)17-9-15(19)18(14)10-13-6-4-12(3)5-7-13/h4-7,11,14H,8-10H2,1-3H3,(H,17,20). The lowest BCUT2D eigenvalue weighted by molar-refractivity contribution is -0.146. The maximum atomic E-state index is 12.1. The first-order valence-electron chi connectivity index (χ1n) is 7.10. The van der Waals surface area contributed by atoms with Crippen molar-refractivity contribution in [1.29, 1.82) is 0 Å². The van der Waals surface area contributed by atoms with Gasteiger partial charge in [0.2, 0.25) is 11.8 Å². The quantitative estimate of drug-likeness (QED) is 0.911. The van der Waals surface area contributed by atoms with E-state index in [4.69, 9.17) is 0 Å². The van der Waals surface area contributed by atoms with Gasteiger partial charge in [-0.05, 0) is 24.8 Å². The van der Waals surface area contributed by atoms with Crippen LogP contribution in [0.15, 0.2) is 24.3 Å². The predicted octanol–water partition coefficient (Wildman–Crippen LogP) is 1.87. The Hall–Kier alpha value is -1.84. The summed E-state index contributed by atoms with van der Waals surface area (Å²) in [6.45, 7) is 6.78. The highest BCUT2D eigenvalue weighted by Gasteiger charge is 2.34. The molecule has 1 aliphatic heterocycles. The van der Waals surface area contributed by atoms with Gasteiger partial charge in [-0.1, -0.05) is 43.7 Å². The molecule has 0 bridgehead atoms. The number of carbonyl (C=O) groups excluding carboxylic acids is 2. The molecule has 1 fully saturated rings. The van der Waals surface area contributed by atoms with Crippen molar-refractivity contribution >= 4 is 11.8 Å². The van der Waals surface area contributed by atoms with Crippen molar-refractivity contribution in [3.63, 3.8) is 0 Å². The number of amides is 2. The van der Waals surface area contributed by atoms with Crippen LogP contribution in [0, 0.1) is 12.8 Å². The zero-order valence-electron chi connectivity index (χ0n) is 12.3. The van der Waals surface area contributed by atoms with Gasteiger partial charge in [0.1, 0.15) is 6.04 Å². The lowest BCUT2D eigenvalue weighted by Crippen LogP contribution is -2.58. The minimum atomic E-state index is -0.349. The van der Waals surface area contributed by atoms with Gasteiger partial charge in [-0.3, -0.25) is 9.59 Å². The maximum Gasteiger partial charge on any atom is 0.243 e. The Morgan fingerprint density at radius 1 is 1.25 bits per heavy atom. The molecule has 0 aromatic heterocycles. The molecule has 0 spiro atoms. The van der Waals surface area contributed by atoms with E-state index in [1.165, 1.54) is 5.56 Å². The van der Waals surface area contributed by atoms with Crippen LogP contribution in [0.2, 0.25) is 0 Å². The summed E-state index contributed by atoms with van der Waals surface area (Å²) in [6, 6.07) is 7.74. The summed E-state index contributed by atoms with van der Waals surface area (Å²) >= 11 is 0. The number of aryl methyl sites for hydroxylation is 1. The molecule has 1 saturated heterocycles. The number of nitrogens with one attached hydrogen (secondary N) is 1. The Labute approximate surface area is 120 Å². The number of benzene rings is 1. The molecule has 2 rings (SSSR count). The second kappa shape index (κ2) is 6.07. The van der Waals surface area contributed by atoms with Gasteiger partial charge >= 0.3 is 0 Å². The highest BCUT2D eigenvalue weighted by Crippen LogP contribution is 2.18. The summed E-state index contributed by atoms with van der Waals surface area (Å²) in [5, 5.41) is 2.68. The number of carbonyl (C=O) groups is 2. The summed E-state index contributed by atoms with van der Waals surface area (Å²) in [5.74, 6) is 0.332. The summed E-state index contributed by atoms with van der Waals surface area (Å²) in [6.07, 6.45) is 0.698. The predicted molar refractivity (Wildman–Crippen MR) is 78.0 cm³/mol. The van der Waals surface area contributed by atoms with Crippen LogP contribution in [-0.2, 0) is 16.1 Å². The van der Waals surface area contributed by atoms with Crippen LogP contribution < -0.4 is 5.32 Å². The van der Waals surface area contributed by atoms with E-state index < -0.39 is 0 Å². The Kier molecular flexibility index (Phi) is 4.42. The van der Waals surface area contributed by atoms with Crippen molar-refractivity contribution in [2.24, 2.45) is 5.92 Å². The third-order valence-electron chi connectivity index (χ3n) is 3.58. The SMILES string of the molecule is Cc1ccc(CN2C(=O)CNC(=O)C2CC(C)C)cc1. The van der Waals surface area contributed by atoms with E-state index in [1.54, 1.807) is 4.90 Å². The van der Waals surface area contributed by atoms with Gasteiger partial charge in [0.25, 0.3) is 0 Å². The van der Waals surface area contributed by atoms with Crippen LogP contribution in [0.25, 0.3) is 0 Å². The van der Waals surface area contributed by atoms with E-state index in [-0.39, 0.29) is 24.4 Å². The van der Waals surface area contributed by atoms with E-state index in [1.807, 2.05) is 31.2 Å². The Balaban J connectivity index is 2.17. The summed E-state index contributed by atoms with van der Waals surface area (Å²) in [5.41, 5.74) is 2.25. The van der Waals surface area contributed by atoms with E-state index in [9.17, 15) is 9.59 Å².